The molecule has 34 heavy (non-hydrogen) atoms. The number of benzene rings is 2. The van der Waals surface area contributed by atoms with E-state index >= 15 is 0 Å². The predicted octanol–water partition coefficient (Wildman–Crippen LogP) is 3.55. The second kappa shape index (κ2) is 9.21. The van der Waals surface area contributed by atoms with Gasteiger partial charge in [0, 0.05) is 30.4 Å². The fraction of sp³-hybridized carbons (Fsp3) is 0.346. The van der Waals surface area contributed by atoms with Gasteiger partial charge in [0.25, 0.3) is 5.56 Å². The maximum absolute atomic E-state index is 12.9. The van der Waals surface area contributed by atoms with Crippen LogP contribution in [-0.2, 0) is 6.42 Å². The number of guanidine groups is 1. The van der Waals surface area contributed by atoms with E-state index in [9.17, 15) is 9.90 Å². The zero-order valence-corrected chi connectivity index (χ0v) is 19.4. The van der Waals surface area contributed by atoms with E-state index in [1.165, 1.54) is 18.7 Å². The number of nitrogens with one attached hydrogen (secondary N) is 1. The Hall–Kier alpha value is -3.81. The Morgan fingerprint density at radius 3 is 2.62 bits per heavy atom. The van der Waals surface area contributed by atoms with Gasteiger partial charge in [-0.1, -0.05) is 36.4 Å². The highest BCUT2D eigenvalue weighted by molar-refractivity contribution is 5.93. The molecule has 5 rings (SSSR count). The SMILES string of the molecule is COc1cc(C2N=C(N3CCC(Cc4ccccc4)CC3)Nc3nc(C)cc(=O)n32)ccc1O. The molecule has 2 aromatic carbocycles. The highest BCUT2D eigenvalue weighted by Gasteiger charge is 2.30. The van der Waals surface area contributed by atoms with Gasteiger partial charge in [0.1, 0.15) is 0 Å². The summed E-state index contributed by atoms with van der Waals surface area (Å²) in [4.78, 5) is 24.7. The number of rotatable bonds is 4. The Morgan fingerprint density at radius 2 is 1.88 bits per heavy atom. The zero-order valence-electron chi connectivity index (χ0n) is 19.4. The summed E-state index contributed by atoms with van der Waals surface area (Å²) in [6.45, 7) is 3.57. The number of piperidine rings is 1. The number of aromatic hydroxyl groups is 1. The molecule has 0 saturated carbocycles. The molecule has 2 aliphatic heterocycles. The first kappa shape index (κ1) is 22.0. The molecule has 2 N–H and O–H groups in total. The smallest absolute Gasteiger partial charge is 0.257 e. The highest BCUT2D eigenvalue weighted by Crippen LogP contribution is 2.33. The van der Waals surface area contributed by atoms with Crippen LogP contribution in [0.5, 0.6) is 11.5 Å². The van der Waals surface area contributed by atoms with Crippen LogP contribution in [0.1, 0.15) is 35.8 Å². The number of ether oxygens (including phenoxy) is 1. The molecule has 0 radical (unpaired) electrons. The van der Waals surface area contributed by atoms with Gasteiger partial charge in [-0.25, -0.2) is 9.98 Å². The van der Waals surface area contributed by atoms with Gasteiger partial charge in [-0.05, 0) is 49.8 Å². The fourth-order valence-corrected chi connectivity index (χ4v) is 4.77. The third kappa shape index (κ3) is 4.35. The van der Waals surface area contributed by atoms with Crippen molar-refractivity contribution in [2.75, 3.05) is 25.5 Å². The van der Waals surface area contributed by atoms with E-state index in [1.807, 2.05) is 6.92 Å². The van der Waals surface area contributed by atoms with Crippen molar-refractivity contribution >= 4 is 11.9 Å². The molecular formula is C26H29N5O3. The molecule has 0 aliphatic carbocycles. The Kier molecular flexibility index (Phi) is 5.96. The first-order chi connectivity index (χ1) is 16.5. The summed E-state index contributed by atoms with van der Waals surface area (Å²) >= 11 is 0. The quantitative estimate of drug-likeness (QED) is 0.620. The molecule has 0 bridgehead atoms. The average molecular weight is 460 g/mol. The number of aryl methyl sites for hydroxylation is 1. The van der Waals surface area contributed by atoms with Crippen molar-refractivity contribution in [2.45, 2.75) is 32.4 Å². The van der Waals surface area contributed by atoms with Crippen molar-refractivity contribution in [3.63, 3.8) is 0 Å². The molecule has 1 aromatic heterocycles. The second-order valence-corrected chi connectivity index (χ2v) is 8.93. The average Bonchev–Trinajstić information content (AvgIpc) is 2.84. The zero-order chi connectivity index (χ0) is 23.7. The number of phenols is 1. The van der Waals surface area contributed by atoms with E-state index in [4.69, 9.17) is 9.73 Å². The van der Waals surface area contributed by atoms with Crippen molar-refractivity contribution < 1.29 is 9.84 Å². The largest absolute Gasteiger partial charge is 0.504 e. The molecule has 8 nitrogen and oxygen atoms in total. The minimum atomic E-state index is -0.608. The first-order valence-corrected chi connectivity index (χ1v) is 11.6. The molecule has 0 spiro atoms. The Balaban J connectivity index is 1.42. The summed E-state index contributed by atoms with van der Waals surface area (Å²) < 4.78 is 6.84. The van der Waals surface area contributed by atoms with Crippen LogP contribution in [0.4, 0.5) is 5.95 Å². The second-order valence-electron chi connectivity index (χ2n) is 8.93. The number of anilines is 1. The molecule has 3 heterocycles. The van der Waals surface area contributed by atoms with Crippen molar-refractivity contribution in [3.05, 3.63) is 81.8 Å². The van der Waals surface area contributed by atoms with Crippen LogP contribution in [0.25, 0.3) is 0 Å². The van der Waals surface area contributed by atoms with Gasteiger partial charge in [-0.15, -0.1) is 0 Å². The van der Waals surface area contributed by atoms with Crippen LogP contribution in [0, 0.1) is 12.8 Å². The summed E-state index contributed by atoms with van der Waals surface area (Å²) in [5.74, 6) is 2.20. The fourth-order valence-electron chi connectivity index (χ4n) is 4.77. The molecular weight excluding hydrogens is 430 g/mol. The van der Waals surface area contributed by atoms with E-state index in [1.54, 1.807) is 22.8 Å². The van der Waals surface area contributed by atoms with Gasteiger partial charge in [0.05, 0.1) is 7.11 Å². The number of likely N-dealkylation sites (tertiary alicyclic amines) is 1. The van der Waals surface area contributed by atoms with Gasteiger partial charge in [0.2, 0.25) is 11.9 Å². The molecule has 3 aromatic rings. The third-order valence-electron chi connectivity index (χ3n) is 6.58. The topological polar surface area (TPSA) is 92.0 Å². The summed E-state index contributed by atoms with van der Waals surface area (Å²) in [7, 11) is 1.50. The summed E-state index contributed by atoms with van der Waals surface area (Å²) in [5.41, 5.74) is 2.58. The van der Waals surface area contributed by atoms with Gasteiger partial charge >= 0.3 is 0 Å². The molecule has 0 amide bonds. The van der Waals surface area contributed by atoms with Crippen molar-refractivity contribution in [2.24, 2.45) is 10.9 Å². The summed E-state index contributed by atoms with van der Waals surface area (Å²) in [5, 5.41) is 13.3. The van der Waals surface area contributed by atoms with Crippen molar-refractivity contribution in [1.29, 1.82) is 0 Å². The molecule has 1 atom stereocenters. The van der Waals surface area contributed by atoms with E-state index in [0.29, 0.717) is 29.3 Å². The maximum atomic E-state index is 12.9. The predicted molar refractivity (Wildman–Crippen MR) is 132 cm³/mol. The lowest BCUT2D eigenvalue weighted by molar-refractivity contribution is 0.262. The van der Waals surface area contributed by atoms with Crippen molar-refractivity contribution in [1.82, 2.24) is 14.5 Å². The number of aliphatic imine (C=N–C) groups is 1. The number of aromatic nitrogens is 2. The lowest BCUT2D eigenvalue weighted by Crippen LogP contribution is -2.46. The van der Waals surface area contributed by atoms with Crippen LogP contribution in [-0.4, -0.2) is 45.7 Å². The first-order valence-electron chi connectivity index (χ1n) is 11.6. The number of fused-ring (bicyclic) bond motifs is 1. The summed E-state index contributed by atoms with van der Waals surface area (Å²) in [6, 6.07) is 17.2. The number of hydrogen-bond donors (Lipinski definition) is 2. The molecule has 1 fully saturated rings. The Morgan fingerprint density at radius 1 is 1.12 bits per heavy atom. The van der Waals surface area contributed by atoms with Gasteiger partial charge < -0.3 is 14.7 Å². The van der Waals surface area contributed by atoms with Crippen LogP contribution in [0.15, 0.2) is 64.4 Å². The summed E-state index contributed by atoms with van der Waals surface area (Å²) in [6.07, 6.45) is 2.62. The standard InChI is InChI=1S/C26H29N5O3/c1-17-14-23(33)31-24(20-8-9-21(32)22(16-20)34-2)28-25(29-26(31)27-17)30-12-10-19(11-13-30)15-18-6-4-3-5-7-18/h3-9,14,16,19,24,32H,10-13,15H2,1-2H3,(H,27,28,29). The van der Waals surface area contributed by atoms with E-state index in [-0.39, 0.29) is 11.3 Å². The van der Waals surface area contributed by atoms with E-state index in [2.05, 4.69) is 45.5 Å². The lowest BCUT2D eigenvalue weighted by Gasteiger charge is -2.37. The van der Waals surface area contributed by atoms with Crippen LogP contribution >= 0.6 is 0 Å². The van der Waals surface area contributed by atoms with Crippen LogP contribution in [0.3, 0.4) is 0 Å². The normalized spacial score (nSPS) is 18.1. The highest BCUT2D eigenvalue weighted by atomic mass is 16.5. The molecule has 1 unspecified atom stereocenters. The monoisotopic (exact) mass is 459 g/mol. The van der Waals surface area contributed by atoms with Gasteiger partial charge in [-0.3, -0.25) is 14.7 Å². The Bertz CT molecular complexity index is 1260. The minimum absolute atomic E-state index is 0.0412. The van der Waals surface area contributed by atoms with E-state index < -0.39 is 6.17 Å². The van der Waals surface area contributed by atoms with Crippen molar-refractivity contribution in [3.8, 4) is 11.5 Å². The maximum Gasteiger partial charge on any atom is 0.257 e. The van der Waals surface area contributed by atoms with Crippen LogP contribution in [0.2, 0.25) is 0 Å². The number of phenolic OH excluding ortho intramolecular Hbond substituents is 1. The molecule has 1 saturated heterocycles. The van der Waals surface area contributed by atoms with Gasteiger partial charge in [-0.2, -0.15) is 0 Å². The third-order valence-corrected chi connectivity index (χ3v) is 6.58. The van der Waals surface area contributed by atoms with E-state index in [0.717, 1.165) is 37.9 Å². The van der Waals surface area contributed by atoms with Gasteiger partial charge in [0.15, 0.2) is 17.7 Å². The Labute approximate surface area is 198 Å². The lowest BCUT2D eigenvalue weighted by atomic mass is 9.90. The number of hydrogen-bond acceptors (Lipinski definition) is 7. The molecule has 8 heteroatoms. The minimum Gasteiger partial charge on any atom is -0.504 e. The molecule has 176 valence electrons. The number of methoxy groups -OCH3 is 1. The number of nitrogens with zero attached hydrogens (tertiary/aromatic N) is 4. The molecule has 2 aliphatic rings. The van der Waals surface area contributed by atoms with Crippen LogP contribution < -0.4 is 15.6 Å².